The van der Waals surface area contributed by atoms with E-state index in [1.54, 1.807) is 24.3 Å². The first kappa shape index (κ1) is 19.1. The summed E-state index contributed by atoms with van der Waals surface area (Å²) in [4.78, 5) is 4.41. The Balaban J connectivity index is 1.80. The molecule has 0 saturated carbocycles. The molecule has 0 amide bonds. The summed E-state index contributed by atoms with van der Waals surface area (Å²) in [6, 6.07) is 16.8. The number of nitrogens with zero attached hydrogens (tertiary/aromatic N) is 1. The lowest BCUT2D eigenvalue weighted by atomic mass is 10.1. The third kappa shape index (κ3) is 7.03. The largest absolute Gasteiger partial charge is 0.492 e. The van der Waals surface area contributed by atoms with Crippen LogP contribution in [0.3, 0.4) is 0 Å². The molecular formula is C19H24ClN3O2. The Morgan fingerprint density at radius 3 is 2.52 bits per heavy atom. The highest BCUT2D eigenvalue weighted by Crippen LogP contribution is 2.16. The lowest BCUT2D eigenvalue weighted by Crippen LogP contribution is -2.39. The smallest absolute Gasteiger partial charge is 0.191 e. The molecule has 3 N–H and O–H groups in total. The highest BCUT2D eigenvalue weighted by atomic mass is 35.5. The van der Waals surface area contributed by atoms with Gasteiger partial charge in [-0.15, -0.1) is 0 Å². The van der Waals surface area contributed by atoms with Gasteiger partial charge in [0, 0.05) is 11.6 Å². The summed E-state index contributed by atoms with van der Waals surface area (Å²) < 4.78 is 5.63. The molecule has 0 radical (unpaired) electrons. The second kappa shape index (κ2) is 10.6. The molecule has 0 fully saturated rings. The van der Waals surface area contributed by atoms with E-state index in [0.29, 0.717) is 24.1 Å². The predicted molar refractivity (Wildman–Crippen MR) is 102 cm³/mol. The topological polar surface area (TPSA) is 65.9 Å². The summed E-state index contributed by atoms with van der Waals surface area (Å²) in [7, 11) is 0. The molecule has 0 aromatic heterocycles. The summed E-state index contributed by atoms with van der Waals surface area (Å²) in [5.74, 6) is 1.48. The molecule has 0 bridgehead atoms. The zero-order valence-corrected chi connectivity index (χ0v) is 15.0. The van der Waals surface area contributed by atoms with Gasteiger partial charge >= 0.3 is 0 Å². The van der Waals surface area contributed by atoms with Crippen LogP contribution in [0.2, 0.25) is 5.02 Å². The SMILES string of the molecule is CCNC(=NCC(O)c1ccc(Cl)cc1)NCCOc1ccccc1. The fourth-order valence-electron chi connectivity index (χ4n) is 2.16. The minimum Gasteiger partial charge on any atom is -0.492 e. The molecular weight excluding hydrogens is 338 g/mol. The number of nitrogens with one attached hydrogen (secondary N) is 2. The van der Waals surface area contributed by atoms with Crippen molar-refractivity contribution in [3.8, 4) is 5.75 Å². The van der Waals surface area contributed by atoms with Crippen molar-refractivity contribution in [2.75, 3.05) is 26.2 Å². The van der Waals surface area contributed by atoms with Gasteiger partial charge in [-0.3, -0.25) is 4.99 Å². The molecule has 1 unspecified atom stereocenters. The van der Waals surface area contributed by atoms with Gasteiger partial charge in [-0.25, -0.2) is 0 Å². The molecule has 2 rings (SSSR count). The van der Waals surface area contributed by atoms with Crippen LogP contribution in [-0.2, 0) is 0 Å². The average Bonchev–Trinajstić information content (AvgIpc) is 2.64. The molecule has 0 saturated heterocycles. The van der Waals surface area contributed by atoms with Crippen molar-refractivity contribution in [3.05, 3.63) is 65.2 Å². The number of aliphatic hydroxyl groups excluding tert-OH is 1. The zero-order valence-electron chi connectivity index (χ0n) is 14.3. The highest BCUT2D eigenvalue weighted by Gasteiger charge is 2.07. The van der Waals surface area contributed by atoms with Gasteiger partial charge in [-0.1, -0.05) is 41.9 Å². The van der Waals surface area contributed by atoms with E-state index in [2.05, 4.69) is 15.6 Å². The van der Waals surface area contributed by atoms with Gasteiger partial charge in [0.1, 0.15) is 12.4 Å². The number of aliphatic imine (C=N–C) groups is 1. The van der Waals surface area contributed by atoms with Crippen LogP contribution in [0.5, 0.6) is 5.75 Å². The Hall–Kier alpha value is -2.24. The summed E-state index contributed by atoms with van der Waals surface area (Å²) in [6.07, 6.45) is -0.673. The summed E-state index contributed by atoms with van der Waals surface area (Å²) in [6.45, 7) is 4.12. The quantitative estimate of drug-likeness (QED) is 0.384. The summed E-state index contributed by atoms with van der Waals surface area (Å²) in [5.41, 5.74) is 0.788. The lowest BCUT2D eigenvalue weighted by Gasteiger charge is -2.14. The number of hydrogen-bond acceptors (Lipinski definition) is 3. The molecule has 2 aromatic carbocycles. The normalized spacial score (nSPS) is 12.5. The number of aliphatic hydroxyl groups is 1. The van der Waals surface area contributed by atoms with Crippen molar-refractivity contribution in [2.24, 2.45) is 4.99 Å². The third-order valence-electron chi connectivity index (χ3n) is 3.43. The first-order valence-electron chi connectivity index (χ1n) is 8.32. The van der Waals surface area contributed by atoms with Crippen molar-refractivity contribution in [2.45, 2.75) is 13.0 Å². The Labute approximate surface area is 153 Å². The Morgan fingerprint density at radius 2 is 1.84 bits per heavy atom. The van der Waals surface area contributed by atoms with Crippen LogP contribution in [0.25, 0.3) is 0 Å². The second-order valence-corrected chi connectivity index (χ2v) is 5.81. The van der Waals surface area contributed by atoms with Crippen molar-refractivity contribution < 1.29 is 9.84 Å². The van der Waals surface area contributed by atoms with Crippen LogP contribution in [-0.4, -0.2) is 37.3 Å². The molecule has 6 heteroatoms. The fraction of sp³-hybridized carbons (Fsp3) is 0.316. The van der Waals surface area contributed by atoms with Crippen LogP contribution in [0.15, 0.2) is 59.6 Å². The van der Waals surface area contributed by atoms with E-state index in [0.717, 1.165) is 17.9 Å². The fourth-order valence-corrected chi connectivity index (χ4v) is 2.29. The molecule has 0 aliphatic rings. The van der Waals surface area contributed by atoms with Gasteiger partial charge in [-0.2, -0.15) is 0 Å². The van der Waals surface area contributed by atoms with E-state index in [1.807, 2.05) is 37.3 Å². The first-order valence-corrected chi connectivity index (χ1v) is 8.70. The maximum Gasteiger partial charge on any atom is 0.191 e. The minimum atomic E-state index is -0.673. The van der Waals surface area contributed by atoms with Crippen molar-refractivity contribution >= 4 is 17.6 Å². The number of hydrogen-bond donors (Lipinski definition) is 3. The molecule has 0 aliphatic carbocycles. The van der Waals surface area contributed by atoms with Crippen molar-refractivity contribution in [1.82, 2.24) is 10.6 Å². The number of guanidine groups is 1. The standard InChI is InChI=1S/C19H24ClN3O2/c1-2-21-19(22-12-13-25-17-6-4-3-5-7-17)23-14-18(24)15-8-10-16(20)11-9-15/h3-11,18,24H,2,12-14H2,1H3,(H2,21,22,23). The van der Waals surface area contributed by atoms with E-state index in [4.69, 9.17) is 16.3 Å². The molecule has 0 spiro atoms. The second-order valence-electron chi connectivity index (χ2n) is 5.38. The molecule has 1 atom stereocenters. The molecule has 5 nitrogen and oxygen atoms in total. The van der Waals surface area contributed by atoms with Crippen LogP contribution >= 0.6 is 11.6 Å². The maximum absolute atomic E-state index is 10.2. The van der Waals surface area contributed by atoms with Gasteiger partial charge in [0.2, 0.25) is 0 Å². The maximum atomic E-state index is 10.2. The number of halogens is 1. The highest BCUT2D eigenvalue weighted by molar-refractivity contribution is 6.30. The average molecular weight is 362 g/mol. The zero-order chi connectivity index (χ0) is 17.9. The lowest BCUT2D eigenvalue weighted by molar-refractivity contribution is 0.187. The van der Waals surface area contributed by atoms with Gasteiger partial charge in [0.05, 0.1) is 19.2 Å². The van der Waals surface area contributed by atoms with Crippen LogP contribution in [0, 0.1) is 0 Å². The summed E-state index contributed by atoms with van der Waals surface area (Å²) >= 11 is 5.86. The molecule has 25 heavy (non-hydrogen) atoms. The van der Waals surface area contributed by atoms with Crippen LogP contribution in [0.4, 0.5) is 0 Å². The Bertz CT molecular complexity index is 647. The van der Waals surface area contributed by atoms with E-state index in [9.17, 15) is 5.11 Å². The van der Waals surface area contributed by atoms with Gasteiger partial charge < -0.3 is 20.5 Å². The number of rotatable bonds is 8. The molecule has 134 valence electrons. The number of benzene rings is 2. The third-order valence-corrected chi connectivity index (χ3v) is 3.68. The van der Waals surface area contributed by atoms with E-state index >= 15 is 0 Å². The van der Waals surface area contributed by atoms with Gasteiger partial charge in [0.15, 0.2) is 5.96 Å². The van der Waals surface area contributed by atoms with E-state index in [-0.39, 0.29) is 6.54 Å². The molecule has 0 aliphatic heterocycles. The van der Waals surface area contributed by atoms with E-state index in [1.165, 1.54) is 0 Å². The van der Waals surface area contributed by atoms with Crippen molar-refractivity contribution in [1.29, 1.82) is 0 Å². The minimum absolute atomic E-state index is 0.260. The van der Waals surface area contributed by atoms with Gasteiger partial charge in [0.25, 0.3) is 0 Å². The van der Waals surface area contributed by atoms with Crippen LogP contribution in [0.1, 0.15) is 18.6 Å². The monoisotopic (exact) mass is 361 g/mol. The van der Waals surface area contributed by atoms with Gasteiger partial charge in [-0.05, 0) is 36.8 Å². The van der Waals surface area contributed by atoms with Crippen molar-refractivity contribution in [3.63, 3.8) is 0 Å². The van der Waals surface area contributed by atoms with E-state index < -0.39 is 6.10 Å². The number of para-hydroxylation sites is 1. The Morgan fingerprint density at radius 1 is 1.12 bits per heavy atom. The summed E-state index contributed by atoms with van der Waals surface area (Å²) in [5, 5.41) is 17.2. The Kier molecular flexibility index (Phi) is 8.09. The molecule has 2 aromatic rings. The first-order chi connectivity index (χ1) is 12.2. The predicted octanol–water partition coefficient (Wildman–Crippen LogP) is 3.01. The number of ether oxygens (including phenoxy) is 1. The molecule has 0 heterocycles. The van der Waals surface area contributed by atoms with Crippen LogP contribution < -0.4 is 15.4 Å².